The monoisotopic (exact) mass is 259 g/mol. The highest BCUT2D eigenvalue weighted by atomic mass is 32.2. The van der Waals surface area contributed by atoms with Crippen molar-refractivity contribution < 1.29 is 8.42 Å². The van der Waals surface area contributed by atoms with Gasteiger partial charge in [0.25, 0.3) is 0 Å². The average Bonchev–Trinajstić information content (AvgIpc) is 2.50. The number of hydrogen-bond donors (Lipinski definition) is 1. The Kier molecular flexibility index (Phi) is 3.10. The molecule has 1 N–H and O–H groups in total. The summed E-state index contributed by atoms with van der Waals surface area (Å²) in [7, 11) is -2.76. The molecule has 0 aromatic heterocycles. The zero-order valence-electron chi connectivity index (χ0n) is 11.4. The predicted octanol–water partition coefficient (Wildman–Crippen LogP) is 1.69. The summed E-state index contributed by atoms with van der Waals surface area (Å²) in [5.41, 5.74) is 0.274. The molecule has 2 unspecified atom stereocenters. The van der Waals surface area contributed by atoms with E-state index in [-0.39, 0.29) is 10.8 Å². The lowest BCUT2D eigenvalue weighted by Crippen LogP contribution is -2.24. The first-order valence-corrected chi connectivity index (χ1v) is 8.44. The van der Waals surface area contributed by atoms with Crippen LogP contribution in [0.2, 0.25) is 0 Å². The van der Waals surface area contributed by atoms with Crippen LogP contribution in [0.5, 0.6) is 0 Å². The zero-order valence-corrected chi connectivity index (χ0v) is 12.2. The summed E-state index contributed by atoms with van der Waals surface area (Å²) in [6, 6.07) is 0. The summed E-state index contributed by atoms with van der Waals surface area (Å²) in [4.78, 5) is 0. The molecule has 2 aliphatic rings. The van der Waals surface area contributed by atoms with Crippen molar-refractivity contribution in [2.75, 3.05) is 24.6 Å². The molecular weight excluding hydrogens is 234 g/mol. The van der Waals surface area contributed by atoms with Gasteiger partial charge >= 0.3 is 0 Å². The summed E-state index contributed by atoms with van der Waals surface area (Å²) < 4.78 is 23.4. The summed E-state index contributed by atoms with van der Waals surface area (Å²) in [6.07, 6.45) is 0.871. The average molecular weight is 259 g/mol. The lowest BCUT2D eigenvalue weighted by Gasteiger charge is -2.10. The fraction of sp³-hybridized carbons (Fsp3) is 1.00. The van der Waals surface area contributed by atoms with Crippen molar-refractivity contribution in [2.24, 2.45) is 22.7 Å². The standard InChI is InChI=1S/C13H25NO2S/c1-10(2)7-14-8-11-12(3,4)13(11)5-6-17(15,16)9-13/h10-11,14H,5-9H2,1-4H3. The fourth-order valence-electron chi connectivity index (χ4n) is 3.69. The van der Waals surface area contributed by atoms with Gasteiger partial charge < -0.3 is 5.32 Å². The van der Waals surface area contributed by atoms with Gasteiger partial charge in [-0.3, -0.25) is 0 Å². The quantitative estimate of drug-likeness (QED) is 0.836. The Morgan fingerprint density at radius 2 is 2.00 bits per heavy atom. The molecule has 17 heavy (non-hydrogen) atoms. The van der Waals surface area contributed by atoms with Crippen LogP contribution < -0.4 is 5.32 Å². The van der Waals surface area contributed by atoms with Crippen LogP contribution in [0.25, 0.3) is 0 Å². The molecule has 0 radical (unpaired) electrons. The minimum atomic E-state index is -2.76. The van der Waals surface area contributed by atoms with Gasteiger partial charge in [-0.15, -0.1) is 0 Å². The Labute approximate surface area is 105 Å². The highest BCUT2D eigenvalue weighted by Gasteiger charge is 2.72. The smallest absolute Gasteiger partial charge is 0.150 e. The minimum Gasteiger partial charge on any atom is -0.316 e. The second-order valence-corrected chi connectivity index (χ2v) is 9.01. The van der Waals surface area contributed by atoms with Crippen LogP contribution in [-0.2, 0) is 9.84 Å². The highest BCUT2D eigenvalue weighted by Crippen LogP contribution is 2.72. The van der Waals surface area contributed by atoms with Crippen molar-refractivity contribution in [3.63, 3.8) is 0 Å². The van der Waals surface area contributed by atoms with E-state index in [1.165, 1.54) is 0 Å². The lowest BCUT2D eigenvalue weighted by molar-refractivity contribution is 0.426. The number of nitrogens with one attached hydrogen (secondary N) is 1. The summed E-state index contributed by atoms with van der Waals surface area (Å²) in [5.74, 6) is 2.00. The van der Waals surface area contributed by atoms with Crippen LogP contribution >= 0.6 is 0 Å². The molecular formula is C13H25NO2S. The Morgan fingerprint density at radius 1 is 1.35 bits per heavy atom. The van der Waals surface area contributed by atoms with Gasteiger partial charge in [0.2, 0.25) is 0 Å². The molecule has 3 nitrogen and oxygen atoms in total. The van der Waals surface area contributed by atoms with Gasteiger partial charge in [0.05, 0.1) is 11.5 Å². The van der Waals surface area contributed by atoms with E-state index in [4.69, 9.17) is 0 Å². The van der Waals surface area contributed by atoms with Crippen LogP contribution in [0.15, 0.2) is 0 Å². The molecule has 1 spiro atoms. The largest absolute Gasteiger partial charge is 0.316 e. The molecule has 1 heterocycles. The third kappa shape index (κ3) is 2.14. The Bertz CT molecular complexity index is 400. The first-order valence-electron chi connectivity index (χ1n) is 6.62. The van der Waals surface area contributed by atoms with E-state index in [2.05, 4.69) is 33.0 Å². The summed E-state index contributed by atoms with van der Waals surface area (Å²) in [6.45, 7) is 10.9. The highest BCUT2D eigenvalue weighted by molar-refractivity contribution is 7.91. The van der Waals surface area contributed by atoms with E-state index in [0.717, 1.165) is 19.5 Å². The summed E-state index contributed by atoms with van der Waals surface area (Å²) >= 11 is 0. The van der Waals surface area contributed by atoms with Gasteiger partial charge in [-0.25, -0.2) is 8.42 Å². The first-order chi connectivity index (χ1) is 7.71. The molecule has 0 aromatic carbocycles. The minimum absolute atomic E-state index is 0.0792. The second kappa shape index (κ2) is 3.95. The van der Waals surface area contributed by atoms with Crippen LogP contribution in [0.1, 0.15) is 34.1 Å². The van der Waals surface area contributed by atoms with Crippen molar-refractivity contribution in [1.82, 2.24) is 5.32 Å². The second-order valence-electron chi connectivity index (χ2n) is 6.82. The molecule has 2 rings (SSSR count). The maximum absolute atomic E-state index is 11.7. The Balaban J connectivity index is 1.97. The van der Waals surface area contributed by atoms with E-state index in [0.29, 0.717) is 23.3 Å². The van der Waals surface area contributed by atoms with Crippen LogP contribution in [-0.4, -0.2) is 33.0 Å². The van der Waals surface area contributed by atoms with Gasteiger partial charge in [0.15, 0.2) is 9.84 Å². The van der Waals surface area contributed by atoms with Gasteiger partial charge in [0, 0.05) is 0 Å². The molecule has 100 valence electrons. The molecule has 2 atom stereocenters. The Morgan fingerprint density at radius 3 is 2.47 bits per heavy atom. The van der Waals surface area contributed by atoms with Crippen molar-refractivity contribution >= 4 is 9.84 Å². The molecule has 1 saturated carbocycles. The summed E-state index contributed by atoms with van der Waals surface area (Å²) in [5, 5.41) is 3.49. The maximum Gasteiger partial charge on any atom is 0.150 e. The predicted molar refractivity (Wildman–Crippen MR) is 70.7 cm³/mol. The van der Waals surface area contributed by atoms with E-state index >= 15 is 0 Å². The zero-order chi connectivity index (χ0) is 12.9. The normalized spacial score (nSPS) is 37.8. The number of hydrogen-bond acceptors (Lipinski definition) is 3. The molecule has 1 saturated heterocycles. The van der Waals surface area contributed by atoms with E-state index < -0.39 is 9.84 Å². The Hall–Kier alpha value is -0.0900. The number of sulfone groups is 1. The van der Waals surface area contributed by atoms with E-state index in [1.54, 1.807) is 0 Å². The SMILES string of the molecule is CC(C)CNCC1C(C)(C)C12CCS(=O)(=O)C2. The molecule has 0 amide bonds. The van der Waals surface area contributed by atoms with Crippen LogP contribution in [0, 0.1) is 22.7 Å². The van der Waals surface area contributed by atoms with Crippen LogP contribution in [0.4, 0.5) is 0 Å². The molecule has 1 aliphatic carbocycles. The van der Waals surface area contributed by atoms with Gasteiger partial charge in [0.1, 0.15) is 0 Å². The third-order valence-corrected chi connectivity index (χ3v) is 6.76. The number of rotatable bonds is 4. The van der Waals surface area contributed by atoms with Crippen LogP contribution in [0.3, 0.4) is 0 Å². The first kappa shape index (κ1) is 13.3. The van der Waals surface area contributed by atoms with Crippen molar-refractivity contribution in [3.05, 3.63) is 0 Å². The van der Waals surface area contributed by atoms with Gasteiger partial charge in [-0.05, 0) is 42.2 Å². The van der Waals surface area contributed by atoms with Crippen molar-refractivity contribution in [1.29, 1.82) is 0 Å². The van der Waals surface area contributed by atoms with E-state index in [1.807, 2.05) is 0 Å². The third-order valence-electron chi connectivity index (χ3n) is 4.98. The fourth-order valence-corrected chi connectivity index (χ4v) is 6.01. The van der Waals surface area contributed by atoms with Crippen molar-refractivity contribution in [2.45, 2.75) is 34.1 Å². The van der Waals surface area contributed by atoms with E-state index in [9.17, 15) is 8.42 Å². The molecule has 0 aromatic rings. The molecule has 1 aliphatic heterocycles. The molecule has 4 heteroatoms. The maximum atomic E-state index is 11.7. The topological polar surface area (TPSA) is 46.2 Å². The van der Waals surface area contributed by atoms with Gasteiger partial charge in [-0.1, -0.05) is 27.7 Å². The lowest BCUT2D eigenvalue weighted by atomic mass is 9.96. The van der Waals surface area contributed by atoms with Gasteiger partial charge in [-0.2, -0.15) is 0 Å². The molecule has 0 bridgehead atoms. The molecule has 2 fully saturated rings. The van der Waals surface area contributed by atoms with Crippen molar-refractivity contribution in [3.8, 4) is 0 Å².